The molecular formula is C17H13F2NO2. The van der Waals surface area contributed by atoms with Crippen molar-refractivity contribution in [3.05, 3.63) is 70.1 Å². The molecule has 5 heteroatoms. The summed E-state index contributed by atoms with van der Waals surface area (Å²) in [7, 11) is 1.55. The van der Waals surface area contributed by atoms with Crippen LogP contribution in [0.25, 0.3) is 21.9 Å². The molecule has 112 valence electrons. The molecule has 22 heavy (non-hydrogen) atoms. The number of hydrogen-bond donors (Lipinski definition) is 1. The largest absolute Gasteiger partial charge is 0.390 e. The van der Waals surface area contributed by atoms with Crippen molar-refractivity contribution in [1.29, 1.82) is 0 Å². The third-order valence-electron chi connectivity index (χ3n) is 3.78. The Morgan fingerprint density at radius 1 is 1.05 bits per heavy atom. The highest BCUT2D eigenvalue weighted by molar-refractivity contribution is 5.97. The number of aliphatic hydroxyl groups is 1. The molecular weight excluding hydrogens is 288 g/mol. The van der Waals surface area contributed by atoms with Gasteiger partial charge in [-0.25, -0.2) is 8.78 Å². The van der Waals surface area contributed by atoms with E-state index in [0.717, 1.165) is 12.1 Å². The van der Waals surface area contributed by atoms with Crippen LogP contribution in [0.15, 0.2) is 47.3 Å². The minimum absolute atomic E-state index is 0.244. The van der Waals surface area contributed by atoms with Crippen LogP contribution in [0.3, 0.4) is 0 Å². The summed E-state index contributed by atoms with van der Waals surface area (Å²) >= 11 is 0. The smallest absolute Gasteiger partial charge is 0.258 e. The highest BCUT2D eigenvalue weighted by Crippen LogP contribution is 2.31. The fourth-order valence-corrected chi connectivity index (χ4v) is 2.67. The summed E-state index contributed by atoms with van der Waals surface area (Å²) < 4.78 is 28.1. The molecule has 3 nitrogen and oxygen atoms in total. The molecule has 0 unspecified atom stereocenters. The highest BCUT2D eigenvalue weighted by Gasteiger charge is 2.16. The molecule has 2 aromatic carbocycles. The number of rotatable bonds is 2. The van der Waals surface area contributed by atoms with Gasteiger partial charge in [0.25, 0.3) is 5.56 Å². The molecule has 0 atom stereocenters. The molecule has 0 amide bonds. The third kappa shape index (κ3) is 2.10. The number of aromatic nitrogens is 1. The lowest BCUT2D eigenvalue weighted by Gasteiger charge is -2.16. The SMILES string of the molecule is Cn1c(CO)c(-c2ccc(F)c(F)c2)c2ccccc2c1=O. The quantitative estimate of drug-likeness (QED) is 0.790. The summed E-state index contributed by atoms with van der Waals surface area (Å²) in [5, 5.41) is 10.7. The van der Waals surface area contributed by atoms with Gasteiger partial charge >= 0.3 is 0 Å². The minimum atomic E-state index is -0.973. The Bertz CT molecular complexity index is 932. The summed E-state index contributed by atoms with van der Waals surface area (Å²) in [5.74, 6) is -1.91. The van der Waals surface area contributed by atoms with Gasteiger partial charge in [0.1, 0.15) is 0 Å². The topological polar surface area (TPSA) is 42.2 Å². The van der Waals surface area contributed by atoms with Crippen molar-refractivity contribution < 1.29 is 13.9 Å². The van der Waals surface area contributed by atoms with E-state index in [0.29, 0.717) is 27.6 Å². The van der Waals surface area contributed by atoms with E-state index in [9.17, 15) is 18.7 Å². The van der Waals surface area contributed by atoms with Crippen LogP contribution < -0.4 is 5.56 Å². The summed E-state index contributed by atoms with van der Waals surface area (Å²) in [4.78, 5) is 12.3. The monoisotopic (exact) mass is 301 g/mol. The zero-order valence-electron chi connectivity index (χ0n) is 11.8. The fraction of sp³-hybridized carbons (Fsp3) is 0.118. The molecule has 0 saturated heterocycles. The Balaban J connectivity index is 2.48. The molecule has 3 rings (SSSR count). The van der Waals surface area contributed by atoms with Crippen LogP contribution in [0.1, 0.15) is 5.69 Å². The number of hydrogen-bond acceptors (Lipinski definition) is 2. The number of benzene rings is 2. The van der Waals surface area contributed by atoms with Crippen molar-refractivity contribution in [2.75, 3.05) is 0 Å². The van der Waals surface area contributed by atoms with E-state index in [4.69, 9.17) is 0 Å². The molecule has 0 saturated carbocycles. The van der Waals surface area contributed by atoms with Gasteiger partial charge in [-0.1, -0.05) is 24.3 Å². The molecule has 1 aromatic heterocycles. The van der Waals surface area contributed by atoms with Crippen LogP contribution >= 0.6 is 0 Å². The van der Waals surface area contributed by atoms with Gasteiger partial charge in [0.05, 0.1) is 12.3 Å². The molecule has 0 aliphatic rings. The van der Waals surface area contributed by atoms with E-state index < -0.39 is 11.6 Å². The Morgan fingerprint density at radius 3 is 2.36 bits per heavy atom. The second kappa shape index (κ2) is 5.35. The van der Waals surface area contributed by atoms with E-state index in [-0.39, 0.29) is 12.2 Å². The van der Waals surface area contributed by atoms with Crippen molar-refractivity contribution in [2.24, 2.45) is 7.05 Å². The third-order valence-corrected chi connectivity index (χ3v) is 3.78. The molecule has 0 aliphatic carbocycles. The van der Waals surface area contributed by atoms with Crippen molar-refractivity contribution in [3.63, 3.8) is 0 Å². The van der Waals surface area contributed by atoms with Gasteiger partial charge in [0, 0.05) is 18.0 Å². The first-order chi connectivity index (χ1) is 10.5. The van der Waals surface area contributed by atoms with Gasteiger partial charge in [-0.15, -0.1) is 0 Å². The lowest BCUT2D eigenvalue weighted by atomic mass is 9.97. The van der Waals surface area contributed by atoms with E-state index in [1.807, 2.05) is 0 Å². The van der Waals surface area contributed by atoms with Crippen molar-refractivity contribution in [1.82, 2.24) is 4.57 Å². The number of pyridine rings is 1. The van der Waals surface area contributed by atoms with Gasteiger partial charge in [0.15, 0.2) is 11.6 Å². The maximum absolute atomic E-state index is 13.6. The number of nitrogens with zero attached hydrogens (tertiary/aromatic N) is 1. The zero-order chi connectivity index (χ0) is 15.9. The molecule has 1 heterocycles. The van der Waals surface area contributed by atoms with Crippen LogP contribution in [0.5, 0.6) is 0 Å². The first kappa shape index (κ1) is 14.4. The number of aliphatic hydroxyl groups excluding tert-OH is 1. The minimum Gasteiger partial charge on any atom is -0.390 e. The average Bonchev–Trinajstić information content (AvgIpc) is 2.53. The first-order valence-electron chi connectivity index (χ1n) is 6.71. The first-order valence-corrected chi connectivity index (χ1v) is 6.71. The van der Waals surface area contributed by atoms with Crippen LogP contribution in [-0.4, -0.2) is 9.67 Å². The second-order valence-corrected chi connectivity index (χ2v) is 5.02. The van der Waals surface area contributed by atoms with Gasteiger partial charge in [-0.2, -0.15) is 0 Å². The fourth-order valence-electron chi connectivity index (χ4n) is 2.67. The number of halogens is 2. The predicted octanol–water partition coefficient (Wildman–Crippen LogP) is 2.98. The van der Waals surface area contributed by atoms with Gasteiger partial charge < -0.3 is 9.67 Å². The summed E-state index contributed by atoms with van der Waals surface area (Å²) in [5.41, 5.74) is 1.05. The molecule has 3 aromatic rings. The maximum Gasteiger partial charge on any atom is 0.258 e. The van der Waals surface area contributed by atoms with Crippen LogP contribution in [0.4, 0.5) is 8.78 Å². The van der Waals surface area contributed by atoms with Crippen molar-refractivity contribution in [2.45, 2.75) is 6.61 Å². The van der Waals surface area contributed by atoms with E-state index in [2.05, 4.69) is 0 Å². The molecule has 1 N–H and O–H groups in total. The number of fused-ring (bicyclic) bond motifs is 1. The van der Waals surface area contributed by atoms with E-state index in [1.54, 1.807) is 31.3 Å². The normalized spacial score (nSPS) is 11.1. The van der Waals surface area contributed by atoms with Gasteiger partial charge in [-0.05, 0) is 29.1 Å². The Kier molecular flexibility index (Phi) is 3.50. The lowest BCUT2D eigenvalue weighted by Crippen LogP contribution is -2.22. The van der Waals surface area contributed by atoms with E-state index >= 15 is 0 Å². The summed E-state index contributed by atoms with van der Waals surface area (Å²) in [6, 6.07) is 10.4. The molecule has 0 fully saturated rings. The van der Waals surface area contributed by atoms with Gasteiger partial charge in [-0.3, -0.25) is 4.79 Å². The van der Waals surface area contributed by atoms with Crippen LogP contribution in [-0.2, 0) is 13.7 Å². The van der Waals surface area contributed by atoms with Gasteiger partial charge in [0.2, 0.25) is 0 Å². The molecule has 0 bridgehead atoms. The van der Waals surface area contributed by atoms with E-state index in [1.165, 1.54) is 10.6 Å². The Hall–Kier alpha value is -2.53. The summed E-state index contributed by atoms with van der Waals surface area (Å²) in [6.07, 6.45) is 0. The Morgan fingerprint density at radius 2 is 1.73 bits per heavy atom. The maximum atomic E-state index is 13.6. The summed E-state index contributed by atoms with van der Waals surface area (Å²) in [6.45, 7) is -0.384. The highest BCUT2D eigenvalue weighted by atomic mass is 19.2. The zero-order valence-corrected chi connectivity index (χ0v) is 11.8. The van der Waals surface area contributed by atoms with Crippen LogP contribution in [0, 0.1) is 11.6 Å². The standard InChI is InChI=1S/C17H13F2NO2/c1-20-15(9-21)16(10-6-7-13(18)14(19)8-10)11-4-2-3-5-12(11)17(20)22/h2-8,21H,9H2,1H3. The lowest BCUT2D eigenvalue weighted by molar-refractivity contribution is 0.272. The van der Waals surface area contributed by atoms with Crippen molar-refractivity contribution >= 4 is 10.8 Å². The average molecular weight is 301 g/mol. The van der Waals surface area contributed by atoms with Crippen LogP contribution in [0.2, 0.25) is 0 Å². The molecule has 0 radical (unpaired) electrons. The Labute approximate surface area is 125 Å². The predicted molar refractivity (Wildman–Crippen MR) is 80.5 cm³/mol. The molecule has 0 aliphatic heterocycles. The van der Waals surface area contributed by atoms with Crippen molar-refractivity contribution in [3.8, 4) is 11.1 Å². The second-order valence-electron chi connectivity index (χ2n) is 5.02. The molecule has 0 spiro atoms.